The van der Waals surface area contributed by atoms with Crippen LogP contribution >= 0.6 is 0 Å². The largest absolute Gasteiger partial charge is 0.493 e. The predicted octanol–water partition coefficient (Wildman–Crippen LogP) is 4.90. The number of benzene rings is 3. The van der Waals surface area contributed by atoms with Gasteiger partial charge in [0.1, 0.15) is 17.7 Å². The van der Waals surface area contributed by atoms with Gasteiger partial charge in [-0.2, -0.15) is 0 Å². The molecule has 1 saturated heterocycles. The van der Waals surface area contributed by atoms with Gasteiger partial charge in [-0.1, -0.05) is 36.4 Å². The lowest BCUT2D eigenvalue weighted by Gasteiger charge is -2.19. The summed E-state index contributed by atoms with van der Waals surface area (Å²) in [4.78, 5) is 4.85. The molecule has 0 radical (unpaired) electrons. The molecule has 1 aliphatic rings. The van der Waals surface area contributed by atoms with Crippen LogP contribution in [-0.4, -0.2) is 64.0 Å². The van der Waals surface area contributed by atoms with Crippen molar-refractivity contribution in [2.24, 2.45) is 0 Å². The van der Waals surface area contributed by atoms with Crippen LogP contribution in [0.3, 0.4) is 0 Å². The highest BCUT2D eigenvalue weighted by molar-refractivity contribution is 5.79. The molecule has 2 atom stereocenters. The first-order valence-corrected chi connectivity index (χ1v) is 14.4. The first-order valence-electron chi connectivity index (χ1n) is 14.4. The topological polar surface area (TPSA) is 118 Å². The summed E-state index contributed by atoms with van der Waals surface area (Å²) < 4.78 is 20.2. The first kappa shape index (κ1) is 28.9. The summed E-state index contributed by atoms with van der Waals surface area (Å²) in [6.07, 6.45) is 3.27. The molecule has 4 aromatic rings. The highest BCUT2D eigenvalue weighted by atomic mass is 16.5. The second-order valence-corrected chi connectivity index (χ2v) is 10.2. The number of anilines is 1. The SMILES string of the molecule is OCCCCOc1cc(CNc2nc3ccccc3n2[C@H]2CC[C@@H](CO)O2)ccc1-c1cccc(OCCCO)c1. The molecule has 1 fully saturated rings. The molecule has 9 nitrogen and oxygen atoms in total. The van der Waals surface area contributed by atoms with Gasteiger partial charge in [0.05, 0.1) is 37.0 Å². The highest BCUT2D eigenvalue weighted by Crippen LogP contribution is 2.36. The fourth-order valence-corrected chi connectivity index (χ4v) is 5.09. The van der Waals surface area contributed by atoms with E-state index in [-0.39, 0.29) is 32.2 Å². The fraction of sp³-hybridized carbons (Fsp3) is 0.406. The number of aliphatic hydroxyl groups is 3. The number of nitrogens with one attached hydrogen (secondary N) is 1. The summed E-state index contributed by atoms with van der Waals surface area (Å²) in [5, 5.41) is 31.4. The number of imidazole rings is 1. The van der Waals surface area contributed by atoms with Crippen LogP contribution in [-0.2, 0) is 11.3 Å². The molecule has 0 spiro atoms. The lowest BCUT2D eigenvalue weighted by atomic mass is 10.0. The Hall–Kier alpha value is -3.63. The molecule has 2 heterocycles. The molecule has 0 saturated carbocycles. The molecule has 41 heavy (non-hydrogen) atoms. The van der Waals surface area contributed by atoms with E-state index in [4.69, 9.17) is 24.3 Å². The van der Waals surface area contributed by atoms with E-state index < -0.39 is 0 Å². The van der Waals surface area contributed by atoms with Gasteiger partial charge in [0.25, 0.3) is 0 Å². The van der Waals surface area contributed by atoms with Crippen molar-refractivity contribution in [2.45, 2.75) is 51.0 Å². The molecular formula is C32H39N3O6. The second kappa shape index (κ2) is 14.3. The van der Waals surface area contributed by atoms with Gasteiger partial charge < -0.3 is 34.8 Å². The quantitative estimate of drug-likeness (QED) is 0.152. The van der Waals surface area contributed by atoms with Gasteiger partial charge in [-0.15, -0.1) is 0 Å². The van der Waals surface area contributed by atoms with E-state index in [0.29, 0.717) is 32.6 Å². The number of aliphatic hydroxyl groups excluding tert-OH is 3. The Morgan fingerprint density at radius 3 is 2.56 bits per heavy atom. The van der Waals surface area contributed by atoms with Crippen LogP contribution in [0.2, 0.25) is 0 Å². The van der Waals surface area contributed by atoms with Crippen molar-refractivity contribution in [3.63, 3.8) is 0 Å². The van der Waals surface area contributed by atoms with Crippen molar-refractivity contribution in [3.05, 3.63) is 72.3 Å². The van der Waals surface area contributed by atoms with E-state index in [2.05, 4.69) is 22.0 Å². The van der Waals surface area contributed by atoms with E-state index in [0.717, 1.165) is 64.4 Å². The smallest absolute Gasteiger partial charge is 0.206 e. The maximum atomic E-state index is 9.60. The number of para-hydroxylation sites is 2. The number of nitrogens with zero attached hydrogens (tertiary/aromatic N) is 2. The van der Waals surface area contributed by atoms with Crippen molar-refractivity contribution in [2.75, 3.05) is 38.4 Å². The van der Waals surface area contributed by atoms with E-state index >= 15 is 0 Å². The maximum absolute atomic E-state index is 9.60. The average Bonchev–Trinajstić information content (AvgIpc) is 3.63. The average molecular weight is 562 g/mol. The molecule has 0 aliphatic carbocycles. The lowest BCUT2D eigenvalue weighted by molar-refractivity contribution is -0.0195. The molecule has 0 bridgehead atoms. The highest BCUT2D eigenvalue weighted by Gasteiger charge is 2.29. The Morgan fingerprint density at radius 1 is 0.878 bits per heavy atom. The van der Waals surface area contributed by atoms with Gasteiger partial charge in [-0.3, -0.25) is 4.57 Å². The van der Waals surface area contributed by atoms with E-state index in [1.54, 1.807) is 0 Å². The van der Waals surface area contributed by atoms with Crippen molar-refractivity contribution in [1.29, 1.82) is 0 Å². The number of aromatic nitrogens is 2. The zero-order valence-corrected chi connectivity index (χ0v) is 23.2. The molecule has 0 amide bonds. The van der Waals surface area contributed by atoms with Gasteiger partial charge in [0, 0.05) is 31.7 Å². The van der Waals surface area contributed by atoms with Gasteiger partial charge >= 0.3 is 0 Å². The zero-order valence-electron chi connectivity index (χ0n) is 23.2. The summed E-state index contributed by atoms with van der Waals surface area (Å²) in [6.45, 7) is 1.71. The van der Waals surface area contributed by atoms with Crippen LogP contribution in [0.5, 0.6) is 11.5 Å². The fourth-order valence-electron chi connectivity index (χ4n) is 5.09. The third kappa shape index (κ3) is 7.18. The number of hydrogen-bond acceptors (Lipinski definition) is 8. The van der Waals surface area contributed by atoms with E-state index in [9.17, 15) is 10.2 Å². The molecule has 1 aromatic heterocycles. The number of unbranched alkanes of at least 4 members (excludes halogenated alkanes) is 1. The molecule has 3 aromatic carbocycles. The molecule has 4 N–H and O–H groups in total. The Labute approximate surface area is 240 Å². The summed E-state index contributed by atoms with van der Waals surface area (Å²) >= 11 is 0. The number of fused-ring (bicyclic) bond motifs is 1. The minimum Gasteiger partial charge on any atom is -0.493 e. The summed E-state index contributed by atoms with van der Waals surface area (Å²) in [5.74, 6) is 2.22. The Bertz CT molecular complexity index is 1410. The summed E-state index contributed by atoms with van der Waals surface area (Å²) in [6, 6.07) is 22.0. The third-order valence-corrected chi connectivity index (χ3v) is 7.20. The second-order valence-electron chi connectivity index (χ2n) is 10.2. The van der Waals surface area contributed by atoms with Gasteiger partial charge in [0.15, 0.2) is 0 Å². The van der Waals surface area contributed by atoms with Gasteiger partial charge in [-0.25, -0.2) is 4.98 Å². The van der Waals surface area contributed by atoms with Crippen LogP contribution < -0.4 is 14.8 Å². The van der Waals surface area contributed by atoms with Crippen molar-refractivity contribution in [1.82, 2.24) is 9.55 Å². The first-order chi connectivity index (χ1) is 20.2. The minimum absolute atomic E-state index is 0.0109. The lowest BCUT2D eigenvalue weighted by Crippen LogP contribution is -2.16. The van der Waals surface area contributed by atoms with Crippen molar-refractivity contribution >= 4 is 17.0 Å². The van der Waals surface area contributed by atoms with Crippen LogP contribution in [0.25, 0.3) is 22.2 Å². The molecule has 218 valence electrons. The summed E-state index contributed by atoms with van der Waals surface area (Å²) in [7, 11) is 0. The zero-order chi connectivity index (χ0) is 28.4. The van der Waals surface area contributed by atoms with Gasteiger partial charge in [0.2, 0.25) is 5.95 Å². The van der Waals surface area contributed by atoms with Crippen molar-refractivity contribution < 1.29 is 29.5 Å². The number of rotatable bonds is 15. The van der Waals surface area contributed by atoms with Crippen LogP contribution in [0.15, 0.2) is 66.7 Å². The third-order valence-electron chi connectivity index (χ3n) is 7.20. The van der Waals surface area contributed by atoms with E-state index in [1.807, 2.05) is 54.6 Å². The van der Waals surface area contributed by atoms with Crippen LogP contribution in [0, 0.1) is 0 Å². The molecular weight excluding hydrogens is 522 g/mol. The Kier molecular flexibility index (Phi) is 10.1. The van der Waals surface area contributed by atoms with Gasteiger partial charge in [-0.05, 0) is 67.1 Å². The standard InChI is InChI=1S/C32H39N3O6/c36-15-3-4-17-40-30-19-23(11-13-27(30)24-7-5-8-25(20-24)39-18-6-16-37)21-33-32-34-28-9-1-2-10-29(28)35(32)31-14-12-26(22-38)41-31/h1-2,5,7-11,13,19-20,26,31,36-38H,3-4,6,12,14-18,21-22H2,(H,33,34)/t26-,31+/m0/s1. The molecule has 9 heteroatoms. The monoisotopic (exact) mass is 561 g/mol. The van der Waals surface area contributed by atoms with Crippen LogP contribution in [0.4, 0.5) is 5.95 Å². The Balaban J connectivity index is 1.38. The summed E-state index contributed by atoms with van der Waals surface area (Å²) in [5.41, 5.74) is 4.83. The van der Waals surface area contributed by atoms with Crippen molar-refractivity contribution in [3.8, 4) is 22.6 Å². The predicted molar refractivity (Wildman–Crippen MR) is 158 cm³/mol. The Morgan fingerprint density at radius 2 is 1.73 bits per heavy atom. The normalized spacial score (nSPS) is 16.8. The number of ether oxygens (including phenoxy) is 3. The maximum Gasteiger partial charge on any atom is 0.206 e. The molecule has 5 rings (SSSR count). The molecule has 0 unspecified atom stereocenters. The minimum atomic E-state index is -0.193. The molecule has 1 aliphatic heterocycles. The van der Waals surface area contributed by atoms with Crippen LogP contribution in [0.1, 0.15) is 43.9 Å². The number of hydrogen-bond donors (Lipinski definition) is 4. The van der Waals surface area contributed by atoms with E-state index in [1.165, 1.54) is 0 Å².